The van der Waals surface area contributed by atoms with E-state index in [1.54, 1.807) is 0 Å². The first kappa shape index (κ1) is 12.9. The van der Waals surface area contributed by atoms with Crippen molar-refractivity contribution in [2.45, 2.75) is 45.1 Å². The van der Waals surface area contributed by atoms with Crippen LogP contribution in [0.5, 0.6) is 0 Å². The van der Waals surface area contributed by atoms with E-state index < -0.39 is 0 Å². The highest BCUT2D eigenvalue weighted by Gasteiger charge is 2.27. The monoisotopic (exact) mass is 282 g/mol. The lowest BCUT2D eigenvalue weighted by atomic mass is 10.0. The normalized spacial score (nSPS) is 21.6. The van der Waals surface area contributed by atoms with Gasteiger partial charge in [0.2, 0.25) is 0 Å². The highest BCUT2D eigenvalue weighted by molar-refractivity contribution is 5.42. The van der Waals surface area contributed by atoms with E-state index in [-0.39, 0.29) is 0 Å². The van der Waals surface area contributed by atoms with Gasteiger partial charge in [-0.2, -0.15) is 0 Å². The van der Waals surface area contributed by atoms with E-state index in [9.17, 15) is 0 Å². The van der Waals surface area contributed by atoms with E-state index in [4.69, 9.17) is 0 Å². The Labute approximate surface area is 125 Å². The first-order valence-corrected chi connectivity index (χ1v) is 8.03. The third-order valence-corrected chi connectivity index (χ3v) is 4.84. The summed E-state index contributed by atoms with van der Waals surface area (Å²) in [6.45, 7) is 4.28. The molecule has 0 bridgehead atoms. The highest BCUT2D eigenvalue weighted by Crippen LogP contribution is 2.30. The molecule has 0 aromatic carbocycles. The third-order valence-electron chi connectivity index (χ3n) is 4.84. The number of imidazole rings is 1. The van der Waals surface area contributed by atoms with Gasteiger partial charge in [-0.05, 0) is 56.7 Å². The topological polar surface area (TPSA) is 34.0 Å². The average molecular weight is 282 g/mol. The lowest BCUT2D eigenvalue weighted by Crippen LogP contribution is -2.22. The van der Waals surface area contributed by atoms with Crippen molar-refractivity contribution in [2.75, 3.05) is 18.0 Å². The summed E-state index contributed by atoms with van der Waals surface area (Å²) in [7, 11) is 0. The second-order valence-electron chi connectivity index (χ2n) is 6.33. The molecule has 2 aromatic heterocycles. The van der Waals surface area contributed by atoms with Gasteiger partial charge in [-0.3, -0.25) is 0 Å². The summed E-state index contributed by atoms with van der Waals surface area (Å²) in [6, 6.07) is 4.80. The Balaban J connectivity index is 1.55. The van der Waals surface area contributed by atoms with Crippen LogP contribution in [-0.2, 0) is 12.8 Å². The maximum Gasteiger partial charge on any atom is 0.128 e. The Kier molecular flexibility index (Phi) is 3.17. The first-order valence-electron chi connectivity index (χ1n) is 8.03. The summed E-state index contributed by atoms with van der Waals surface area (Å²) < 4.78 is 2.45. The lowest BCUT2D eigenvalue weighted by molar-refractivity contribution is 0.515. The summed E-state index contributed by atoms with van der Waals surface area (Å²) in [5.41, 5.74) is 4.11. The van der Waals surface area contributed by atoms with Gasteiger partial charge >= 0.3 is 0 Å². The number of hydrogen-bond acceptors (Lipinski definition) is 3. The molecular weight excluding hydrogens is 260 g/mol. The maximum atomic E-state index is 4.64. The molecule has 0 unspecified atom stereocenters. The molecule has 4 nitrogen and oxygen atoms in total. The molecule has 1 aliphatic carbocycles. The molecule has 2 aromatic rings. The van der Waals surface area contributed by atoms with E-state index in [1.165, 1.54) is 42.6 Å². The van der Waals surface area contributed by atoms with Crippen molar-refractivity contribution in [2.24, 2.45) is 0 Å². The molecule has 1 fully saturated rings. The molecule has 110 valence electrons. The molecule has 3 heterocycles. The number of aryl methyl sites for hydroxylation is 2. The molecule has 0 saturated carbocycles. The van der Waals surface area contributed by atoms with Crippen molar-refractivity contribution < 1.29 is 0 Å². The van der Waals surface area contributed by atoms with Gasteiger partial charge < -0.3 is 9.47 Å². The van der Waals surface area contributed by atoms with Crippen LogP contribution in [0, 0.1) is 6.92 Å². The molecule has 4 heteroatoms. The fourth-order valence-electron chi connectivity index (χ4n) is 3.68. The molecule has 2 aliphatic rings. The van der Waals surface area contributed by atoms with Crippen LogP contribution in [0.4, 0.5) is 5.82 Å². The van der Waals surface area contributed by atoms with Gasteiger partial charge in [0, 0.05) is 25.0 Å². The van der Waals surface area contributed by atoms with Crippen LogP contribution in [-0.4, -0.2) is 27.6 Å². The Bertz CT molecular complexity index is 646. The molecule has 1 aliphatic heterocycles. The zero-order chi connectivity index (χ0) is 14.2. The Morgan fingerprint density at radius 3 is 3.00 bits per heavy atom. The number of pyridine rings is 1. The molecule has 4 rings (SSSR count). The maximum absolute atomic E-state index is 4.64. The second kappa shape index (κ2) is 5.17. The van der Waals surface area contributed by atoms with E-state index in [2.05, 4.69) is 44.8 Å². The summed E-state index contributed by atoms with van der Waals surface area (Å²) in [5, 5.41) is 0. The SMILES string of the molecule is Cc1ccnc(N2CC[C@@H](n3cnc4c3CCCC4)C2)c1. The summed E-state index contributed by atoms with van der Waals surface area (Å²) in [4.78, 5) is 11.6. The minimum absolute atomic E-state index is 0.557. The average Bonchev–Trinajstić information content (AvgIpc) is 3.14. The largest absolute Gasteiger partial charge is 0.354 e. The zero-order valence-corrected chi connectivity index (χ0v) is 12.6. The summed E-state index contributed by atoms with van der Waals surface area (Å²) >= 11 is 0. The van der Waals surface area contributed by atoms with Crippen LogP contribution >= 0.6 is 0 Å². The van der Waals surface area contributed by atoms with Crippen molar-refractivity contribution in [1.82, 2.24) is 14.5 Å². The molecule has 0 radical (unpaired) electrons. The summed E-state index contributed by atoms with van der Waals surface area (Å²) in [6.07, 6.45) is 10.2. The van der Waals surface area contributed by atoms with E-state index in [1.807, 2.05) is 6.20 Å². The second-order valence-corrected chi connectivity index (χ2v) is 6.33. The fourth-order valence-corrected chi connectivity index (χ4v) is 3.68. The quantitative estimate of drug-likeness (QED) is 0.849. The molecule has 1 saturated heterocycles. The molecular formula is C17H22N4. The van der Waals surface area contributed by atoms with Gasteiger partial charge in [0.15, 0.2) is 0 Å². The molecule has 0 spiro atoms. The van der Waals surface area contributed by atoms with Gasteiger partial charge in [0.1, 0.15) is 5.82 Å². The van der Waals surface area contributed by atoms with Crippen molar-refractivity contribution in [3.05, 3.63) is 41.6 Å². The van der Waals surface area contributed by atoms with Crippen molar-refractivity contribution in [3.8, 4) is 0 Å². The Morgan fingerprint density at radius 2 is 2.10 bits per heavy atom. The van der Waals surface area contributed by atoms with Crippen molar-refractivity contribution in [3.63, 3.8) is 0 Å². The number of hydrogen-bond donors (Lipinski definition) is 0. The molecule has 0 amide bonds. The number of fused-ring (bicyclic) bond motifs is 1. The van der Waals surface area contributed by atoms with Crippen LogP contribution in [0.25, 0.3) is 0 Å². The van der Waals surface area contributed by atoms with Crippen LogP contribution in [0.2, 0.25) is 0 Å². The van der Waals surface area contributed by atoms with Gasteiger partial charge in [0.25, 0.3) is 0 Å². The summed E-state index contributed by atoms with van der Waals surface area (Å²) in [5.74, 6) is 1.12. The predicted octanol–water partition coefficient (Wildman–Crippen LogP) is 2.92. The van der Waals surface area contributed by atoms with E-state index in [0.717, 1.165) is 25.3 Å². The first-order chi connectivity index (χ1) is 10.3. The van der Waals surface area contributed by atoms with Crippen LogP contribution in [0.15, 0.2) is 24.7 Å². The zero-order valence-electron chi connectivity index (χ0n) is 12.6. The predicted molar refractivity (Wildman–Crippen MR) is 83.7 cm³/mol. The van der Waals surface area contributed by atoms with Gasteiger partial charge in [0.05, 0.1) is 18.1 Å². The molecule has 1 atom stereocenters. The standard InChI is InChI=1S/C17H22N4/c1-13-6-8-18-17(10-13)20-9-7-14(11-20)21-12-19-15-4-2-3-5-16(15)21/h6,8,10,12,14H,2-5,7,9,11H2,1H3/t14-/m1/s1. The lowest BCUT2D eigenvalue weighted by Gasteiger charge is -2.21. The number of anilines is 1. The van der Waals surface area contributed by atoms with Crippen LogP contribution < -0.4 is 4.90 Å². The Morgan fingerprint density at radius 1 is 1.19 bits per heavy atom. The van der Waals surface area contributed by atoms with Gasteiger partial charge in [-0.1, -0.05) is 0 Å². The van der Waals surface area contributed by atoms with E-state index in [0.29, 0.717) is 6.04 Å². The van der Waals surface area contributed by atoms with Crippen molar-refractivity contribution in [1.29, 1.82) is 0 Å². The number of aromatic nitrogens is 3. The Hall–Kier alpha value is -1.84. The number of nitrogens with zero attached hydrogens (tertiary/aromatic N) is 4. The minimum atomic E-state index is 0.557. The third kappa shape index (κ3) is 2.33. The highest BCUT2D eigenvalue weighted by atomic mass is 15.2. The smallest absolute Gasteiger partial charge is 0.128 e. The fraction of sp³-hybridized carbons (Fsp3) is 0.529. The molecule has 21 heavy (non-hydrogen) atoms. The van der Waals surface area contributed by atoms with E-state index >= 15 is 0 Å². The molecule has 0 N–H and O–H groups in total. The van der Waals surface area contributed by atoms with Crippen LogP contribution in [0.3, 0.4) is 0 Å². The van der Waals surface area contributed by atoms with Gasteiger partial charge in [-0.15, -0.1) is 0 Å². The number of rotatable bonds is 2. The minimum Gasteiger partial charge on any atom is -0.354 e. The van der Waals surface area contributed by atoms with Gasteiger partial charge in [-0.25, -0.2) is 9.97 Å². The van der Waals surface area contributed by atoms with Crippen molar-refractivity contribution >= 4 is 5.82 Å². The van der Waals surface area contributed by atoms with Crippen LogP contribution in [0.1, 0.15) is 42.3 Å².